The molecular formula is C8H15NO4. The normalized spacial score (nSPS) is 12.2. The van der Waals surface area contributed by atoms with Gasteiger partial charge in [0.05, 0.1) is 6.61 Å². The minimum atomic E-state index is -0.912. The van der Waals surface area contributed by atoms with Gasteiger partial charge in [-0.05, 0) is 20.4 Å². The van der Waals surface area contributed by atoms with E-state index < -0.39 is 18.0 Å². The monoisotopic (exact) mass is 189 g/mol. The van der Waals surface area contributed by atoms with Crippen molar-refractivity contribution in [2.45, 2.75) is 25.8 Å². The first kappa shape index (κ1) is 11.9. The molecule has 0 saturated heterocycles. The van der Waals surface area contributed by atoms with Crippen molar-refractivity contribution in [1.29, 1.82) is 0 Å². The summed E-state index contributed by atoms with van der Waals surface area (Å²) in [7, 11) is 1.60. The van der Waals surface area contributed by atoms with Crippen molar-refractivity contribution in [1.82, 2.24) is 5.32 Å². The van der Waals surface area contributed by atoms with E-state index in [0.29, 0.717) is 6.61 Å². The first-order chi connectivity index (χ1) is 6.11. The van der Waals surface area contributed by atoms with Crippen molar-refractivity contribution in [2.75, 3.05) is 13.7 Å². The predicted molar refractivity (Wildman–Crippen MR) is 46.4 cm³/mol. The summed E-state index contributed by atoms with van der Waals surface area (Å²) >= 11 is 0. The number of rotatable bonds is 6. The maximum absolute atomic E-state index is 11.1. The fraction of sp³-hybridized carbons (Fsp3) is 0.750. The second kappa shape index (κ2) is 6.42. The molecule has 0 radical (unpaired) electrons. The second-order valence-electron chi connectivity index (χ2n) is 2.53. The molecule has 0 aliphatic carbocycles. The van der Waals surface area contributed by atoms with Gasteiger partial charge in [-0.2, -0.15) is 0 Å². The summed E-state index contributed by atoms with van der Waals surface area (Å²) in [6, 6.07) is -0.518. The van der Waals surface area contributed by atoms with Gasteiger partial charge in [0.1, 0.15) is 6.04 Å². The topological polar surface area (TPSA) is 75.6 Å². The zero-order chi connectivity index (χ0) is 10.3. The SMILES string of the molecule is CCOC(=O)C(CCC(=O)O)NC. The minimum Gasteiger partial charge on any atom is -0.481 e. The highest BCUT2D eigenvalue weighted by Crippen LogP contribution is 1.99. The zero-order valence-corrected chi connectivity index (χ0v) is 7.87. The van der Waals surface area contributed by atoms with Crippen LogP contribution >= 0.6 is 0 Å². The number of likely N-dealkylation sites (N-methyl/N-ethyl adjacent to an activating group) is 1. The first-order valence-corrected chi connectivity index (χ1v) is 4.17. The van der Waals surface area contributed by atoms with Gasteiger partial charge in [-0.1, -0.05) is 0 Å². The number of carbonyl (C=O) groups excluding carboxylic acids is 1. The van der Waals surface area contributed by atoms with Crippen LogP contribution in [0.25, 0.3) is 0 Å². The molecule has 0 rings (SSSR count). The number of ether oxygens (including phenoxy) is 1. The molecule has 0 saturated carbocycles. The van der Waals surface area contributed by atoms with Crippen molar-refractivity contribution in [2.24, 2.45) is 0 Å². The lowest BCUT2D eigenvalue weighted by Crippen LogP contribution is -2.36. The molecule has 0 bridgehead atoms. The highest BCUT2D eigenvalue weighted by molar-refractivity contribution is 5.76. The summed E-state index contributed by atoms with van der Waals surface area (Å²) in [5, 5.41) is 11.1. The summed E-state index contributed by atoms with van der Waals surface area (Å²) in [6.45, 7) is 2.02. The van der Waals surface area contributed by atoms with Crippen molar-refractivity contribution in [3.05, 3.63) is 0 Å². The summed E-state index contributed by atoms with van der Waals surface area (Å²) in [4.78, 5) is 21.3. The van der Waals surface area contributed by atoms with Crippen LogP contribution in [0.3, 0.4) is 0 Å². The summed E-state index contributed by atoms with van der Waals surface area (Å²) in [5.41, 5.74) is 0. The van der Waals surface area contributed by atoms with Crippen molar-refractivity contribution < 1.29 is 19.4 Å². The van der Waals surface area contributed by atoms with Crippen LogP contribution in [0.4, 0.5) is 0 Å². The molecule has 0 aromatic carbocycles. The van der Waals surface area contributed by atoms with Gasteiger partial charge in [-0.25, -0.2) is 0 Å². The number of carbonyl (C=O) groups is 2. The molecule has 5 nitrogen and oxygen atoms in total. The largest absolute Gasteiger partial charge is 0.481 e. The standard InChI is InChI=1S/C8H15NO4/c1-3-13-8(12)6(9-2)4-5-7(10)11/h6,9H,3-5H2,1-2H3,(H,10,11). The second-order valence-corrected chi connectivity index (χ2v) is 2.53. The molecule has 0 aliphatic rings. The van der Waals surface area contributed by atoms with Gasteiger partial charge >= 0.3 is 11.9 Å². The van der Waals surface area contributed by atoms with Gasteiger partial charge in [0.25, 0.3) is 0 Å². The van der Waals surface area contributed by atoms with Gasteiger partial charge in [0, 0.05) is 6.42 Å². The van der Waals surface area contributed by atoms with Crippen LogP contribution in [0.1, 0.15) is 19.8 Å². The maximum atomic E-state index is 11.1. The molecule has 1 unspecified atom stereocenters. The van der Waals surface area contributed by atoms with E-state index in [2.05, 4.69) is 5.32 Å². The van der Waals surface area contributed by atoms with Crippen molar-refractivity contribution >= 4 is 11.9 Å². The number of carboxylic acid groups (broad SMARTS) is 1. The van der Waals surface area contributed by atoms with E-state index in [-0.39, 0.29) is 12.8 Å². The Balaban J connectivity index is 3.87. The zero-order valence-electron chi connectivity index (χ0n) is 7.87. The van der Waals surface area contributed by atoms with Crippen LogP contribution in [-0.4, -0.2) is 36.7 Å². The number of carboxylic acids is 1. The molecule has 76 valence electrons. The molecule has 1 atom stereocenters. The number of hydrogen-bond acceptors (Lipinski definition) is 4. The maximum Gasteiger partial charge on any atom is 0.323 e. The van der Waals surface area contributed by atoms with E-state index in [1.807, 2.05) is 0 Å². The van der Waals surface area contributed by atoms with Gasteiger partial charge < -0.3 is 15.2 Å². The third kappa shape index (κ3) is 5.19. The lowest BCUT2D eigenvalue weighted by molar-refractivity contribution is -0.146. The fourth-order valence-electron chi connectivity index (χ4n) is 0.891. The highest BCUT2D eigenvalue weighted by atomic mass is 16.5. The lowest BCUT2D eigenvalue weighted by atomic mass is 10.1. The number of aliphatic carboxylic acids is 1. The van der Waals surface area contributed by atoms with Crippen LogP contribution < -0.4 is 5.32 Å². The van der Waals surface area contributed by atoms with E-state index in [9.17, 15) is 9.59 Å². The molecule has 0 aromatic rings. The minimum absolute atomic E-state index is 0.0374. The van der Waals surface area contributed by atoms with E-state index in [4.69, 9.17) is 9.84 Å². The smallest absolute Gasteiger partial charge is 0.323 e. The van der Waals surface area contributed by atoms with Gasteiger partial charge in [-0.15, -0.1) is 0 Å². The Hall–Kier alpha value is -1.10. The number of hydrogen-bond donors (Lipinski definition) is 2. The Morgan fingerprint density at radius 3 is 2.54 bits per heavy atom. The highest BCUT2D eigenvalue weighted by Gasteiger charge is 2.18. The van der Waals surface area contributed by atoms with Gasteiger partial charge in [0.2, 0.25) is 0 Å². The van der Waals surface area contributed by atoms with Crippen LogP contribution in [0.15, 0.2) is 0 Å². The third-order valence-electron chi connectivity index (χ3n) is 1.57. The van der Waals surface area contributed by atoms with E-state index in [1.165, 1.54) is 0 Å². The molecule has 0 amide bonds. The van der Waals surface area contributed by atoms with Crippen LogP contribution in [-0.2, 0) is 14.3 Å². The molecule has 13 heavy (non-hydrogen) atoms. The van der Waals surface area contributed by atoms with E-state index in [0.717, 1.165) is 0 Å². The number of esters is 1. The molecular weight excluding hydrogens is 174 g/mol. The Bertz CT molecular complexity index is 181. The van der Waals surface area contributed by atoms with Gasteiger partial charge in [-0.3, -0.25) is 9.59 Å². The molecule has 0 heterocycles. The van der Waals surface area contributed by atoms with Crippen molar-refractivity contribution in [3.63, 3.8) is 0 Å². The number of nitrogens with one attached hydrogen (secondary N) is 1. The average molecular weight is 189 g/mol. The van der Waals surface area contributed by atoms with E-state index >= 15 is 0 Å². The Labute approximate surface area is 77.1 Å². The Morgan fingerprint density at radius 1 is 1.54 bits per heavy atom. The van der Waals surface area contributed by atoms with Crippen molar-refractivity contribution in [3.8, 4) is 0 Å². The van der Waals surface area contributed by atoms with Crippen LogP contribution in [0, 0.1) is 0 Å². The lowest BCUT2D eigenvalue weighted by Gasteiger charge is -2.12. The molecule has 5 heteroatoms. The molecule has 0 fully saturated rings. The Morgan fingerprint density at radius 2 is 2.15 bits per heavy atom. The summed E-state index contributed by atoms with van der Waals surface area (Å²) in [6.07, 6.45) is 0.217. The summed E-state index contributed by atoms with van der Waals surface area (Å²) in [5.74, 6) is -1.31. The molecule has 0 aliphatic heterocycles. The average Bonchev–Trinajstić information content (AvgIpc) is 2.05. The predicted octanol–water partition coefficient (Wildman–Crippen LogP) is 0.00230. The van der Waals surface area contributed by atoms with Crippen LogP contribution in [0.5, 0.6) is 0 Å². The molecule has 0 spiro atoms. The first-order valence-electron chi connectivity index (χ1n) is 4.17. The third-order valence-corrected chi connectivity index (χ3v) is 1.57. The quantitative estimate of drug-likeness (QED) is 0.575. The molecule has 2 N–H and O–H groups in total. The van der Waals surface area contributed by atoms with Crippen LogP contribution in [0.2, 0.25) is 0 Å². The fourth-order valence-corrected chi connectivity index (χ4v) is 0.891. The molecule has 0 aromatic heterocycles. The van der Waals surface area contributed by atoms with E-state index in [1.54, 1.807) is 14.0 Å². The summed E-state index contributed by atoms with van der Waals surface area (Å²) < 4.78 is 4.73. The Kier molecular flexibility index (Phi) is 5.88. The van der Waals surface area contributed by atoms with Gasteiger partial charge in [0.15, 0.2) is 0 Å².